The summed E-state index contributed by atoms with van der Waals surface area (Å²) >= 11 is 0. The van der Waals surface area contributed by atoms with Crippen molar-refractivity contribution in [2.24, 2.45) is 0 Å². The molecule has 0 aliphatic heterocycles. The Bertz CT molecular complexity index is 346. The summed E-state index contributed by atoms with van der Waals surface area (Å²) < 4.78 is 2.03. The quantitative estimate of drug-likeness (QED) is 0.628. The van der Waals surface area contributed by atoms with Crippen molar-refractivity contribution in [1.82, 2.24) is 20.1 Å². The van der Waals surface area contributed by atoms with E-state index in [0.717, 1.165) is 12.2 Å². The molecule has 1 heterocycles. The van der Waals surface area contributed by atoms with Crippen LogP contribution < -0.4 is 5.32 Å². The second kappa shape index (κ2) is 9.92. The summed E-state index contributed by atoms with van der Waals surface area (Å²) in [6.07, 6.45) is 12.0. The Hall–Kier alpha value is -0.900. The van der Waals surface area contributed by atoms with Crippen LogP contribution in [0.15, 0.2) is 6.33 Å². The Kier molecular flexibility index (Phi) is 8.51. The van der Waals surface area contributed by atoms with Gasteiger partial charge in [0, 0.05) is 18.5 Å². The lowest BCUT2D eigenvalue weighted by Crippen LogP contribution is -2.29. The minimum atomic E-state index is 0.388. The molecule has 0 aromatic carbocycles. The zero-order chi connectivity index (χ0) is 14.8. The summed E-state index contributed by atoms with van der Waals surface area (Å²) in [6, 6.07) is 0.905. The van der Waals surface area contributed by atoms with Gasteiger partial charge in [-0.25, -0.2) is 9.67 Å². The molecule has 4 heteroatoms. The molecule has 0 saturated carbocycles. The molecule has 0 saturated heterocycles. The SMILES string of the molecule is CCCCCCCCC(Cc1ncnn1C(C)C)NC. The first-order chi connectivity index (χ1) is 9.69. The molecule has 20 heavy (non-hydrogen) atoms. The standard InChI is InChI=1S/C16H32N4/c1-5-6-7-8-9-10-11-15(17-4)12-16-18-13-19-20(16)14(2)3/h13-15,17H,5-12H2,1-4H3. The summed E-state index contributed by atoms with van der Waals surface area (Å²) in [5.74, 6) is 1.10. The fraction of sp³-hybridized carbons (Fsp3) is 0.875. The van der Waals surface area contributed by atoms with Crippen LogP contribution in [0.3, 0.4) is 0 Å². The fourth-order valence-electron chi connectivity index (χ4n) is 2.59. The largest absolute Gasteiger partial charge is 0.317 e. The maximum atomic E-state index is 4.41. The second-order valence-electron chi connectivity index (χ2n) is 5.96. The molecule has 0 fully saturated rings. The monoisotopic (exact) mass is 280 g/mol. The molecular weight excluding hydrogens is 248 g/mol. The Morgan fingerprint density at radius 2 is 1.85 bits per heavy atom. The van der Waals surface area contributed by atoms with Gasteiger partial charge in [0.25, 0.3) is 0 Å². The van der Waals surface area contributed by atoms with Crippen LogP contribution >= 0.6 is 0 Å². The first-order valence-electron chi connectivity index (χ1n) is 8.24. The van der Waals surface area contributed by atoms with Gasteiger partial charge in [-0.15, -0.1) is 0 Å². The van der Waals surface area contributed by atoms with Gasteiger partial charge < -0.3 is 5.32 Å². The van der Waals surface area contributed by atoms with Crippen LogP contribution in [0.1, 0.15) is 77.6 Å². The molecule has 1 aromatic rings. The van der Waals surface area contributed by atoms with Crippen LogP contribution in [0.2, 0.25) is 0 Å². The molecule has 0 aliphatic carbocycles. The van der Waals surface area contributed by atoms with Crippen molar-refractivity contribution in [3.63, 3.8) is 0 Å². The first-order valence-corrected chi connectivity index (χ1v) is 8.24. The predicted octanol–water partition coefficient (Wildman–Crippen LogP) is 3.74. The van der Waals surface area contributed by atoms with Crippen molar-refractivity contribution in [2.45, 2.75) is 84.2 Å². The van der Waals surface area contributed by atoms with Crippen LogP contribution in [0.5, 0.6) is 0 Å². The van der Waals surface area contributed by atoms with Gasteiger partial charge in [0.1, 0.15) is 12.2 Å². The van der Waals surface area contributed by atoms with Crippen LogP contribution in [0.4, 0.5) is 0 Å². The van der Waals surface area contributed by atoms with Crippen molar-refractivity contribution in [3.8, 4) is 0 Å². The number of aromatic nitrogens is 3. The molecule has 0 radical (unpaired) electrons. The van der Waals surface area contributed by atoms with E-state index in [-0.39, 0.29) is 0 Å². The summed E-state index contributed by atoms with van der Waals surface area (Å²) in [7, 11) is 2.05. The van der Waals surface area contributed by atoms with Gasteiger partial charge in [-0.3, -0.25) is 0 Å². The number of rotatable bonds is 11. The molecule has 4 nitrogen and oxygen atoms in total. The van der Waals surface area contributed by atoms with Crippen molar-refractivity contribution >= 4 is 0 Å². The molecule has 0 bridgehead atoms. The molecule has 0 spiro atoms. The van der Waals surface area contributed by atoms with E-state index in [0.29, 0.717) is 12.1 Å². The van der Waals surface area contributed by atoms with E-state index in [1.807, 2.05) is 4.68 Å². The maximum absolute atomic E-state index is 4.41. The number of nitrogens with one attached hydrogen (secondary N) is 1. The molecular formula is C16H32N4. The van der Waals surface area contributed by atoms with Gasteiger partial charge in [0.05, 0.1) is 0 Å². The third-order valence-corrected chi connectivity index (χ3v) is 3.88. The van der Waals surface area contributed by atoms with Gasteiger partial charge in [-0.2, -0.15) is 5.10 Å². The van der Waals surface area contributed by atoms with Gasteiger partial charge in [-0.05, 0) is 27.3 Å². The van der Waals surface area contributed by atoms with E-state index in [1.54, 1.807) is 6.33 Å². The fourth-order valence-corrected chi connectivity index (χ4v) is 2.59. The zero-order valence-electron chi connectivity index (χ0n) is 13.7. The average molecular weight is 280 g/mol. The minimum Gasteiger partial charge on any atom is -0.317 e. The van der Waals surface area contributed by atoms with E-state index in [9.17, 15) is 0 Å². The molecule has 1 aromatic heterocycles. The highest BCUT2D eigenvalue weighted by molar-refractivity contribution is 4.91. The van der Waals surface area contributed by atoms with Crippen LogP contribution in [-0.2, 0) is 6.42 Å². The van der Waals surface area contributed by atoms with E-state index in [1.165, 1.54) is 44.9 Å². The normalized spacial score (nSPS) is 13.1. The van der Waals surface area contributed by atoms with Gasteiger partial charge >= 0.3 is 0 Å². The molecule has 1 N–H and O–H groups in total. The Balaban J connectivity index is 2.30. The third kappa shape index (κ3) is 6.04. The smallest absolute Gasteiger partial charge is 0.138 e. The summed E-state index contributed by atoms with van der Waals surface area (Å²) in [4.78, 5) is 4.41. The highest BCUT2D eigenvalue weighted by Crippen LogP contribution is 2.12. The number of hydrogen-bond donors (Lipinski definition) is 1. The van der Waals surface area contributed by atoms with Gasteiger partial charge in [0.2, 0.25) is 0 Å². The third-order valence-electron chi connectivity index (χ3n) is 3.88. The van der Waals surface area contributed by atoms with Gasteiger partial charge in [-0.1, -0.05) is 45.4 Å². The highest BCUT2D eigenvalue weighted by Gasteiger charge is 2.13. The lowest BCUT2D eigenvalue weighted by atomic mass is 10.0. The Morgan fingerprint density at radius 1 is 1.15 bits per heavy atom. The van der Waals surface area contributed by atoms with Crippen LogP contribution in [0.25, 0.3) is 0 Å². The number of likely N-dealkylation sites (N-methyl/N-ethyl adjacent to an activating group) is 1. The van der Waals surface area contributed by atoms with Crippen molar-refractivity contribution in [2.75, 3.05) is 7.05 Å². The van der Waals surface area contributed by atoms with Crippen LogP contribution in [-0.4, -0.2) is 27.9 Å². The predicted molar refractivity (Wildman–Crippen MR) is 85.0 cm³/mol. The van der Waals surface area contributed by atoms with E-state index in [2.05, 4.69) is 43.2 Å². The van der Waals surface area contributed by atoms with Crippen molar-refractivity contribution in [1.29, 1.82) is 0 Å². The van der Waals surface area contributed by atoms with E-state index < -0.39 is 0 Å². The Morgan fingerprint density at radius 3 is 2.50 bits per heavy atom. The van der Waals surface area contributed by atoms with Crippen molar-refractivity contribution < 1.29 is 0 Å². The van der Waals surface area contributed by atoms with Crippen molar-refractivity contribution in [3.05, 3.63) is 12.2 Å². The molecule has 0 amide bonds. The molecule has 116 valence electrons. The topological polar surface area (TPSA) is 42.7 Å². The number of unbranched alkanes of at least 4 members (excludes halogenated alkanes) is 5. The summed E-state index contributed by atoms with van der Waals surface area (Å²) in [5.41, 5.74) is 0. The van der Waals surface area contributed by atoms with Crippen LogP contribution in [0, 0.1) is 0 Å². The molecule has 1 atom stereocenters. The Labute approximate surface area is 124 Å². The lowest BCUT2D eigenvalue weighted by molar-refractivity contribution is 0.442. The lowest BCUT2D eigenvalue weighted by Gasteiger charge is -2.17. The highest BCUT2D eigenvalue weighted by atomic mass is 15.3. The second-order valence-corrected chi connectivity index (χ2v) is 5.96. The van der Waals surface area contributed by atoms with Gasteiger partial charge in [0.15, 0.2) is 0 Å². The molecule has 1 unspecified atom stereocenters. The maximum Gasteiger partial charge on any atom is 0.138 e. The zero-order valence-corrected chi connectivity index (χ0v) is 13.7. The summed E-state index contributed by atoms with van der Waals surface area (Å²) in [6.45, 7) is 6.57. The molecule has 0 aliphatic rings. The summed E-state index contributed by atoms with van der Waals surface area (Å²) in [5, 5.41) is 7.74. The molecule has 1 rings (SSSR count). The minimum absolute atomic E-state index is 0.388. The van der Waals surface area contributed by atoms with E-state index >= 15 is 0 Å². The number of hydrogen-bond acceptors (Lipinski definition) is 3. The first kappa shape index (κ1) is 17.2. The van der Waals surface area contributed by atoms with E-state index in [4.69, 9.17) is 0 Å². The average Bonchev–Trinajstić information content (AvgIpc) is 2.89. The number of nitrogens with zero attached hydrogens (tertiary/aromatic N) is 3.